The highest BCUT2D eigenvalue weighted by Crippen LogP contribution is 2.02. The molecule has 1 aromatic heterocycles. The van der Waals surface area contributed by atoms with Crippen molar-refractivity contribution in [1.29, 1.82) is 0 Å². The van der Waals surface area contributed by atoms with E-state index in [-0.39, 0.29) is 0 Å². The number of rotatable bonds is 2. The van der Waals surface area contributed by atoms with Crippen LogP contribution in [0.1, 0.15) is 19.6 Å². The van der Waals surface area contributed by atoms with Gasteiger partial charge in [0.15, 0.2) is 5.76 Å². The highest BCUT2D eigenvalue weighted by Gasteiger charge is 1.87. The minimum atomic E-state index is 0.784. The molecule has 0 aromatic carbocycles. The summed E-state index contributed by atoms with van der Waals surface area (Å²) < 4.78 is 4.86. The molecule has 1 heterocycles. The molecule has 0 aliphatic rings. The van der Waals surface area contributed by atoms with Crippen molar-refractivity contribution in [3.05, 3.63) is 35.7 Å². The Morgan fingerprint density at radius 3 is 3.00 bits per heavy atom. The van der Waals surface area contributed by atoms with E-state index in [0.717, 1.165) is 5.76 Å². The van der Waals surface area contributed by atoms with E-state index in [1.54, 1.807) is 6.20 Å². The van der Waals surface area contributed by atoms with Crippen molar-refractivity contribution in [3.63, 3.8) is 0 Å². The number of aromatic nitrogens is 1. The summed E-state index contributed by atoms with van der Waals surface area (Å²) in [5.41, 5.74) is 1.21. The topological polar surface area (TPSA) is 26.0 Å². The Labute approximate surface area is 66.2 Å². The third-order valence-corrected chi connectivity index (χ3v) is 1.42. The summed E-state index contributed by atoms with van der Waals surface area (Å²) in [6, 6.07) is 1.82. The van der Waals surface area contributed by atoms with E-state index in [1.165, 1.54) is 5.57 Å². The van der Waals surface area contributed by atoms with Gasteiger partial charge in [-0.15, -0.1) is 0 Å². The Kier molecular flexibility index (Phi) is 2.66. The summed E-state index contributed by atoms with van der Waals surface area (Å²) >= 11 is 0. The first-order valence-corrected chi connectivity index (χ1v) is 3.54. The minimum Gasteiger partial charge on any atom is -0.357 e. The molecule has 0 unspecified atom stereocenters. The molecular weight excluding hydrogens is 138 g/mol. The molecule has 0 fully saturated rings. The van der Waals surface area contributed by atoms with Gasteiger partial charge in [0.25, 0.3) is 0 Å². The van der Waals surface area contributed by atoms with Crippen LogP contribution < -0.4 is 0 Å². The van der Waals surface area contributed by atoms with Crippen LogP contribution in [0.15, 0.2) is 34.5 Å². The van der Waals surface area contributed by atoms with E-state index in [4.69, 9.17) is 4.52 Å². The van der Waals surface area contributed by atoms with Crippen molar-refractivity contribution in [2.75, 3.05) is 0 Å². The lowest BCUT2D eigenvalue weighted by Gasteiger charge is -1.85. The summed E-state index contributed by atoms with van der Waals surface area (Å²) in [5.74, 6) is 0.784. The largest absolute Gasteiger partial charge is 0.357 e. The van der Waals surface area contributed by atoms with Crippen molar-refractivity contribution in [2.45, 2.75) is 13.8 Å². The van der Waals surface area contributed by atoms with E-state index in [1.807, 2.05) is 38.1 Å². The highest BCUT2D eigenvalue weighted by atomic mass is 16.5. The Morgan fingerprint density at radius 2 is 2.45 bits per heavy atom. The molecule has 0 aliphatic heterocycles. The summed E-state index contributed by atoms with van der Waals surface area (Å²) in [7, 11) is 0. The molecule has 58 valence electrons. The van der Waals surface area contributed by atoms with Gasteiger partial charge in [-0.05, 0) is 19.9 Å². The normalized spacial score (nSPS) is 12.7. The monoisotopic (exact) mass is 149 g/mol. The SMILES string of the molecule is C/C=C(C)\C=C/c1ccno1. The maximum atomic E-state index is 4.86. The van der Waals surface area contributed by atoms with Crippen LogP contribution in [0.3, 0.4) is 0 Å². The predicted octanol–water partition coefficient (Wildman–Crippen LogP) is 2.65. The predicted molar refractivity (Wildman–Crippen MR) is 45.0 cm³/mol. The first kappa shape index (κ1) is 7.79. The standard InChI is InChI=1S/C9H11NO/c1-3-8(2)4-5-9-6-7-10-11-9/h3-7H,1-2H3/b5-4-,8-3-. The second-order valence-electron chi connectivity index (χ2n) is 2.28. The molecule has 0 radical (unpaired) electrons. The van der Waals surface area contributed by atoms with Crippen molar-refractivity contribution in [2.24, 2.45) is 0 Å². The lowest BCUT2D eigenvalue weighted by atomic mass is 10.2. The van der Waals surface area contributed by atoms with Gasteiger partial charge in [-0.3, -0.25) is 0 Å². The Morgan fingerprint density at radius 1 is 1.64 bits per heavy atom. The molecule has 0 amide bonds. The van der Waals surface area contributed by atoms with Crippen LogP contribution in [0, 0.1) is 0 Å². The average molecular weight is 149 g/mol. The van der Waals surface area contributed by atoms with Gasteiger partial charge in [-0.1, -0.05) is 22.9 Å². The van der Waals surface area contributed by atoms with Crippen molar-refractivity contribution >= 4 is 6.08 Å². The Bertz CT molecular complexity index is 257. The third kappa shape index (κ3) is 2.42. The summed E-state index contributed by atoms with van der Waals surface area (Å²) in [5, 5.41) is 3.58. The lowest BCUT2D eigenvalue weighted by molar-refractivity contribution is 0.413. The number of hydrogen-bond acceptors (Lipinski definition) is 2. The van der Waals surface area contributed by atoms with Crippen LogP contribution in [0.4, 0.5) is 0 Å². The van der Waals surface area contributed by atoms with E-state index in [0.29, 0.717) is 0 Å². The van der Waals surface area contributed by atoms with Crippen molar-refractivity contribution in [1.82, 2.24) is 5.16 Å². The fourth-order valence-electron chi connectivity index (χ4n) is 0.621. The maximum absolute atomic E-state index is 4.86. The quantitative estimate of drug-likeness (QED) is 0.604. The number of hydrogen-bond donors (Lipinski definition) is 0. The van der Waals surface area contributed by atoms with Crippen LogP contribution in [0.25, 0.3) is 6.08 Å². The second-order valence-corrected chi connectivity index (χ2v) is 2.28. The van der Waals surface area contributed by atoms with Crippen LogP contribution in [0.2, 0.25) is 0 Å². The van der Waals surface area contributed by atoms with Crippen LogP contribution in [-0.4, -0.2) is 5.16 Å². The molecule has 0 atom stereocenters. The van der Waals surface area contributed by atoms with E-state index < -0.39 is 0 Å². The molecule has 0 saturated heterocycles. The van der Waals surface area contributed by atoms with Gasteiger partial charge in [0.1, 0.15) is 0 Å². The first-order valence-electron chi connectivity index (χ1n) is 3.54. The zero-order valence-electron chi connectivity index (χ0n) is 6.74. The number of nitrogens with zero attached hydrogens (tertiary/aromatic N) is 1. The molecular formula is C9H11NO. The Hall–Kier alpha value is -1.31. The lowest BCUT2D eigenvalue weighted by Crippen LogP contribution is -1.65. The molecule has 11 heavy (non-hydrogen) atoms. The van der Waals surface area contributed by atoms with E-state index in [2.05, 4.69) is 5.16 Å². The zero-order chi connectivity index (χ0) is 8.10. The Balaban J connectivity index is 2.63. The highest BCUT2D eigenvalue weighted by molar-refractivity contribution is 5.46. The first-order chi connectivity index (χ1) is 5.33. The molecule has 1 rings (SSSR count). The van der Waals surface area contributed by atoms with Gasteiger partial charge < -0.3 is 4.52 Å². The second kappa shape index (κ2) is 3.76. The number of allylic oxidation sites excluding steroid dienone is 3. The molecule has 0 aliphatic carbocycles. The van der Waals surface area contributed by atoms with Crippen LogP contribution in [-0.2, 0) is 0 Å². The molecule has 0 bridgehead atoms. The molecule has 0 N–H and O–H groups in total. The molecule has 0 saturated carbocycles. The summed E-state index contributed by atoms with van der Waals surface area (Å²) in [6.45, 7) is 4.03. The fourth-order valence-corrected chi connectivity index (χ4v) is 0.621. The van der Waals surface area contributed by atoms with Crippen LogP contribution >= 0.6 is 0 Å². The van der Waals surface area contributed by atoms with Gasteiger partial charge in [0, 0.05) is 6.07 Å². The van der Waals surface area contributed by atoms with Gasteiger partial charge in [0.05, 0.1) is 6.20 Å². The molecule has 2 nitrogen and oxygen atoms in total. The van der Waals surface area contributed by atoms with Crippen molar-refractivity contribution in [3.8, 4) is 0 Å². The third-order valence-electron chi connectivity index (χ3n) is 1.42. The maximum Gasteiger partial charge on any atom is 0.159 e. The van der Waals surface area contributed by atoms with E-state index >= 15 is 0 Å². The summed E-state index contributed by atoms with van der Waals surface area (Å²) in [6.07, 6.45) is 7.54. The minimum absolute atomic E-state index is 0.784. The van der Waals surface area contributed by atoms with Gasteiger partial charge in [-0.2, -0.15) is 0 Å². The average Bonchev–Trinajstić information content (AvgIpc) is 2.52. The molecule has 1 aromatic rings. The zero-order valence-corrected chi connectivity index (χ0v) is 6.74. The smallest absolute Gasteiger partial charge is 0.159 e. The van der Waals surface area contributed by atoms with E-state index in [9.17, 15) is 0 Å². The van der Waals surface area contributed by atoms with Gasteiger partial charge in [-0.25, -0.2) is 0 Å². The van der Waals surface area contributed by atoms with Gasteiger partial charge in [0.2, 0.25) is 0 Å². The van der Waals surface area contributed by atoms with Crippen molar-refractivity contribution < 1.29 is 4.52 Å². The summed E-state index contributed by atoms with van der Waals surface area (Å²) in [4.78, 5) is 0. The molecule has 2 heteroatoms. The van der Waals surface area contributed by atoms with Gasteiger partial charge >= 0.3 is 0 Å². The van der Waals surface area contributed by atoms with Crippen LogP contribution in [0.5, 0.6) is 0 Å². The fraction of sp³-hybridized carbons (Fsp3) is 0.222. The molecule has 0 spiro atoms.